The highest BCUT2D eigenvalue weighted by molar-refractivity contribution is 7.90. The Morgan fingerprint density at radius 3 is 2.43 bits per heavy atom. The number of ether oxygens (including phenoxy) is 1. The van der Waals surface area contributed by atoms with Gasteiger partial charge in [0.25, 0.3) is 10.0 Å². The maximum atomic E-state index is 12.4. The first kappa shape index (κ1) is 21.5. The number of carbonyl (C=O) groups is 2. The summed E-state index contributed by atoms with van der Waals surface area (Å²) < 4.78 is 31.5. The van der Waals surface area contributed by atoms with E-state index in [4.69, 9.17) is 33.2 Å². The molecule has 0 aliphatic carbocycles. The van der Waals surface area contributed by atoms with Crippen molar-refractivity contribution in [3.63, 3.8) is 0 Å². The minimum atomic E-state index is -4.38. The Bertz CT molecular complexity index is 1080. The van der Waals surface area contributed by atoms with Crippen LogP contribution in [0.5, 0.6) is 0 Å². The Kier molecular flexibility index (Phi) is 6.85. The van der Waals surface area contributed by atoms with Gasteiger partial charge in [0.05, 0.1) is 23.4 Å². The predicted octanol–water partition coefficient (Wildman–Crippen LogP) is 3.55. The summed E-state index contributed by atoms with van der Waals surface area (Å²) in [4.78, 5) is 23.8. The first-order valence-corrected chi connectivity index (χ1v) is 9.92. The SMILES string of the molecule is CCOC(=O)c1ccc(Cl)cc1NC(=O)NS(=O)(=O)c1ccc(Cl)cc1C#N. The van der Waals surface area contributed by atoms with E-state index in [1.807, 2.05) is 0 Å². The van der Waals surface area contributed by atoms with Gasteiger partial charge < -0.3 is 10.1 Å². The van der Waals surface area contributed by atoms with Crippen LogP contribution in [0.4, 0.5) is 10.5 Å². The summed E-state index contributed by atoms with van der Waals surface area (Å²) in [7, 11) is -4.38. The minimum absolute atomic E-state index is 0.0111. The Hall–Kier alpha value is -2.80. The number of benzene rings is 2. The number of hydrogen-bond acceptors (Lipinski definition) is 6. The van der Waals surface area contributed by atoms with Gasteiger partial charge in [-0.3, -0.25) is 0 Å². The number of nitriles is 1. The van der Waals surface area contributed by atoms with Crippen molar-refractivity contribution in [2.75, 3.05) is 11.9 Å². The molecule has 0 saturated heterocycles. The number of carbonyl (C=O) groups excluding carboxylic acids is 2. The van der Waals surface area contributed by atoms with Crippen LogP contribution in [0.25, 0.3) is 0 Å². The van der Waals surface area contributed by atoms with Gasteiger partial charge >= 0.3 is 12.0 Å². The zero-order valence-electron chi connectivity index (χ0n) is 14.3. The minimum Gasteiger partial charge on any atom is -0.462 e. The molecular formula is C17H13Cl2N3O5S. The van der Waals surface area contributed by atoms with Crippen LogP contribution in [-0.2, 0) is 14.8 Å². The number of esters is 1. The van der Waals surface area contributed by atoms with Gasteiger partial charge in [0.1, 0.15) is 11.0 Å². The first-order valence-electron chi connectivity index (χ1n) is 7.68. The second-order valence-electron chi connectivity index (χ2n) is 5.22. The number of rotatable bonds is 5. The van der Waals surface area contributed by atoms with Crippen LogP contribution in [0.1, 0.15) is 22.8 Å². The molecule has 0 radical (unpaired) electrons. The molecule has 0 fully saturated rings. The van der Waals surface area contributed by atoms with Gasteiger partial charge in [0.2, 0.25) is 0 Å². The van der Waals surface area contributed by atoms with Gasteiger partial charge in [-0.15, -0.1) is 0 Å². The van der Waals surface area contributed by atoms with Crippen LogP contribution in [0.15, 0.2) is 41.3 Å². The van der Waals surface area contributed by atoms with Crippen LogP contribution in [-0.4, -0.2) is 27.0 Å². The van der Waals surface area contributed by atoms with E-state index in [1.165, 1.54) is 24.3 Å². The number of sulfonamides is 1. The molecule has 2 aromatic carbocycles. The van der Waals surface area contributed by atoms with E-state index < -0.39 is 26.9 Å². The van der Waals surface area contributed by atoms with Crippen molar-refractivity contribution in [3.05, 3.63) is 57.6 Å². The van der Waals surface area contributed by atoms with Crippen LogP contribution in [0, 0.1) is 11.3 Å². The van der Waals surface area contributed by atoms with Crippen LogP contribution < -0.4 is 10.0 Å². The zero-order chi connectivity index (χ0) is 20.9. The van der Waals surface area contributed by atoms with Gasteiger partial charge in [-0.25, -0.2) is 22.7 Å². The molecule has 2 N–H and O–H groups in total. The van der Waals surface area contributed by atoms with Gasteiger partial charge in [0, 0.05) is 10.0 Å². The standard InChI is InChI=1S/C17H13Cl2N3O5S/c1-2-27-16(23)13-5-3-12(19)8-14(13)21-17(24)22-28(25,26)15-6-4-11(18)7-10(15)9-20/h3-8H,2H2,1H3,(H2,21,22,24). The molecular weight excluding hydrogens is 429 g/mol. The van der Waals surface area contributed by atoms with Crippen molar-refractivity contribution in [2.24, 2.45) is 0 Å². The Morgan fingerprint density at radius 2 is 1.79 bits per heavy atom. The number of nitrogens with one attached hydrogen (secondary N) is 2. The third-order valence-electron chi connectivity index (χ3n) is 3.30. The molecule has 2 rings (SSSR count). The third-order valence-corrected chi connectivity index (χ3v) is 5.16. The van der Waals surface area contributed by atoms with Gasteiger partial charge in [-0.2, -0.15) is 5.26 Å². The molecule has 0 atom stereocenters. The Labute approximate surface area is 171 Å². The molecule has 28 heavy (non-hydrogen) atoms. The average Bonchev–Trinajstić information content (AvgIpc) is 2.61. The summed E-state index contributed by atoms with van der Waals surface area (Å²) >= 11 is 11.6. The van der Waals surface area contributed by atoms with Crippen LogP contribution in [0.3, 0.4) is 0 Å². The second kappa shape index (κ2) is 8.93. The number of amides is 2. The zero-order valence-corrected chi connectivity index (χ0v) is 16.7. The molecule has 0 aliphatic rings. The molecule has 0 spiro atoms. The summed E-state index contributed by atoms with van der Waals surface area (Å²) in [6.07, 6.45) is 0. The highest BCUT2D eigenvalue weighted by Crippen LogP contribution is 2.23. The fourth-order valence-corrected chi connectivity index (χ4v) is 3.55. The molecule has 11 heteroatoms. The molecule has 2 amide bonds. The third kappa shape index (κ3) is 5.13. The molecule has 0 aliphatic heterocycles. The topological polar surface area (TPSA) is 125 Å². The largest absolute Gasteiger partial charge is 0.462 e. The fourth-order valence-electron chi connectivity index (χ4n) is 2.16. The van der Waals surface area contributed by atoms with Gasteiger partial charge in [0.15, 0.2) is 0 Å². The quantitative estimate of drug-likeness (QED) is 0.683. The van der Waals surface area contributed by atoms with Gasteiger partial charge in [-0.1, -0.05) is 23.2 Å². The molecule has 146 valence electrons. The maximum Gasteiger partial charge on any atom is 0.340 e. The molecule has 8 nitrogen and oxygen atoms in total. The van der Waals surface area contributed by atoms with E-state index in [0.29, 0.717) is 0 Å². The van der Waals surface area contributed by atoms with Gasteiger partial charge in [-0.05, 0) is 43.3 Å². The van der Waals surface area contributed by atoms with E-state index in [9.17, 15) is 18.0 Å². The van der Waals surface area contributed by atoms with Crippen molar-refractivity contribution in [3.8, 4) is 6.07 Å². The van der Waals surface area contributed by atoms with Crippen molar-refractivity contribution >= 4 is 50.9 Å². The molecule has 0 saturated carbocycles. The number of halogens is 2. The number of anilines is 1. The van der Waals surface area contributed by atoms with Crippen molar-refractivity contribution in [1.29, 1.82) is 5.26 Å². The summed E-state index contributed by atoms with van der Waals surface area (Å²) in [5, 5.41) is 11.7. The number of nitrogens with zero attached hydrogens (tertiary/aromatic N) is 1. The number of hydrogen-bond donors (Lipinski definition) is 2. The van der Waals surface area contributed by atoms with E-state index in [0.717, 1.165) is 12.1 Å². The normalized spacial score (nSPS) is 10.6. The monoisotopic (exact) mass is 441 g/mol. The Balaban J connectivity index is 2.29. The highest BCUT2D eigenvalue weighted by Gasteiger charge is 2.23. The lowest BCUT2D eigenvalue weighted by Crippen LogP contribution is -2.35. The molecule has 0 heterocycles. The van der Waals surface area contributed by atoms with Crippen LogP contribution in [0.2, 0.25) is 10.0 Å². The maximum absolute atomic E-state index is 12.4. The summed E-state index contributed by atoms with van der Waals surface area (Å²) in [6, 6.07) is 8.07. The van der Waals surface area contributed by atoms with E-state index in [2.05, 4.69) is 5.32 Å². The molecule has 2 aromatic rings. The van der Waals surface area contributed by atoms with Crippen molar-refractivity contribution in [1.82, 2.24) is 4.72 Å². The van der Waals surface area contributed by atoms with Crippen LogP contribution >= 0.6 is 23.2 Å². The fraction of sp³-hybridized carbons (Fsp3) is 0.118. The average molecular weight is 442 g/mol. The lowest BCUT2D eigenvalue weighted by Gasteiger charge is -2.13. The Morgan fingerprint density at radius 1 is 1.14 bits per heavy atom. The smallest absolute Gasteiger partial charge is 0.340 e. The molecule has 0 unspecified atom stereocenters. The lowest BCUT2D eigenvalue weighted by molar-refractivity contribution is 0.0527. The summed E-state index contributed by atoms with van der Waals surface area (Å²) in [5.41, 5.74) is -0.291. The lowest BCUT2D eigenvalue weighted by atomic mass is 10.2. The van der Waals surface area contributed by atoms with E-state index >= 15 is 0 Å². The van der Waals surface area contributed by atoms with E-state index in [-0.39, 0.29) is 33.5 Å². The van der Waals surface area contributed by atoms with E-state index in [1.54, 1.807) is 17.7 Å². The predicted molar refractivity (Wildman–Crippen MR) is 103 cm³/mol. The molecule has 0 bridgehead atoms. The first-order chi connectivity index (χ1) is 13.2. The number of urea groups is 1. The second-order valence-corrected chi connectivity index (χ2v) is 7.75. The molecule has 0 aromatic heterocycles. The van der Waals surface area contributed by atoms with Crippen molar-refractivity contribution < 1.29 is 22.7 Å². The highest BCUT2D eigenvalue weighted by atomic mass is 35.5. The van der Waals surface area contributed by atoms with Crippen molar-refractivity contribution in [2.45, 2.75) is 11.8 Å². The summed E-state index contributed by atoms with van der Waals surface area (Å²) in [5.74, 6) is -0.721. The summed E-state index contributed by atoms with van der Waals surface area (Å²) in [6.45, 7) is 1.72.